The van der Waals surface area contributed by atoms with Crippen molar-refractivity contribution in [3.63, 3.8) is 0 Å². The summed E-state index contributed by atoms with van der Waals surface area (Å²) < 4.78 is 13.2. The largest absolute Gasteiger partial charge is 0.497 e. The Hall–Kier alpha value is -2.77. The molecule has 1 atom stereocenters. The van der Waals surface area contributed by atoms with Crippen LogP contribution in [0.15, 0.2) is 42.6 Å². The zero-order chi connectivity index (χ0) is 23.5. The number of ether oxygens (including phenoxy) is 2. The highest BCUT2D eigenvalue weighted by Gasteiger charge is 2.35. The highest BCUT2D eigenvalue weighted by atomic mass is 32.1. The molecule has 1 aliphatic carbocycles. The molecular weight excluding hydrogens is 446 g/mol. The molecule has 0 bridgehead atoms. The second-order valence-corrected chi connectivity index (χ2v) is 9.97. The number of hydrogen-bond donors (Lipinski definition) is 1. The first-order valence-corrected chi connectivity index (χ1v) is 13.1. The van der Waals surface area contributed by atoms with Gasteiger partial charge >= 0.3 is 6.03 Å². The predicted molar refractivity (Wildman–Crippen MR) is 135 cm³/mol. The summed E-state index contributed by atoms with van der Waals surface area (Å²) in [4.78, 5) is 17.2. The van der Waals surface area contributed by atoms with Crippen molar-refractivity contribution in [1.29, 1.82) is 0 Å². The fraction of sp³-hybridized carbons (Fsp3) is 0.444. The molecule has 6 nitrogen and oxygen atoms in total. The first-order valence-electron chi connectivity index (χ1n) is 12.3. The number of urea groups is 1. The lowest BCUT2D eigenvalue weighted by molar-refractivity contribution is 0.143. The molecule has 3 heterocycles. The van der Waals surface area contributed by atoms with Crippen molar-refractivity contribution in [2.75, 3.05) is 26.9 Å². The van der Waals surface area contributed by atoms with E-state index in [4.69, 9.17) is 9.47 Å². The van der Waals surface area contributed by atoms with Crippen LogP contribution in [0.5, 0.6) is 5.75 Å². The lowest BCUT2D eigenvalue weighted by Crippen LogP contribution is -2.42. The third kappa shape index (κ3) is 4.34. The maximum atomic E-state index is 13.7. The number of rotatable bonds is 7. The maximum absolute atomic E-state index is 13.7. The second kappa shape index (κ2) is 10.2. The van der Waals surface area contributed by atoms with Gasteiger partial charge in [0.15, 0.2) is 0 Å². The summed E-state index contributed by atoms with van der Waals surface area (Å²) >= 11 is 1.91. The summed E-state index contributed by atoms with van der Waals surface area (Å²) in [5.41, 5.74) is 4.98. The Bertz CT molecular complexity index is 1130. The van der Waals surface area contributed by atoms with E-state index in [1.807, 2.05) is 35.3 Å². The molecule has 1 aliphatic heterocycles. The monoisotopic (exact) mass is 479 g/mol. The number of hydrogen-bond acceptors (Lipinski definition) is 4. The quantitative estimate of drug-likeness (QED) is 0.458. The number of carbonyl (C=O) groups is 1. The van der Waals surface area contributed by atoms with Gasteiger partial charge < -0.3 is 24.3 Å². The number of amides is 2. The highest BCUT2D eigenvalue weighted by molar-refractivity contribution is 7.15. The Kier molecular flexibility index (Phi) is 6.92. The van der Waals surface area contributed by atoms with E-state index in [1.54, 1.807) is 7.11 Å². The number of nitrogens with one attached hydrogen (secondary N) is 1. The Morgan fingerprint density at radius 3 is 2.76 bits per heavy atom. The van der Waals surface area contributed by atoms with Gasteiger partial charge in [-0.1, -0.05) is 12.1 Å². The number of carbonyl (C=O) groups excluding carboxylic acids is 1. The molecule has 1 N–H and O–H groups in total. The topological polar surface area (TPSA) is 55.7 Å². The van der Waals surface area contributed by atoms with Crippen molar-refractivity contribution >= 4 is 17.4 Å². The van der Waals surface area contributed by atoms with Crippen molar-refractivity contribution in [3.05, 3.63) is 69.9 Å². The molecule has 2 aliphatic rings. The summed E-state index contributed by atoms with van der Waals surface area (Å²) in [6.45, 7) is 4.55. The molecule has 0 saturated carbocycles. The van der Waals surface area contributed by atoms with Crippen LogP contribution in [0.1, 0.15) is 59.5 Å². The molecular formula is C27H33N3O3S. The van der Waals surface area contributed by atoms with Crippen LogP contribution >= 0.6 is 11.3 Å². The van der Waals surface area contributed by atoms with Gasteiger partial charge in [0.1, 0.15) is 10.8 Å². The summed E-state index contributed by atoms with van der Waals surface area (Å²) in [6.07, 6.45) is 7.68. The van der Waals surface area contributed by atoms with E-state index in [2.05, 4.69) is 40.3 Å². The molecule has 2 amide bonds. The van der Waals surface area contributed by atoms with Gasteiger partial charge in [0, 0.05) is 36.4 Å². The van der Waals surface area contributed by atoms with Crippen molar-refractivity contribution in [2.24, 2.45) is 0 Å². The predicted octanol–water partition coefficient (Wildman–Crippen LogP) is 5.47. The van der Waals surface area contributed by atoms with E-state index >= 15 is 0 Å². The van der Waals surface area contributed by atoms with Crippen molar-refractivity contribution in [2.45, 2.75) is 51.6 Å². The molecule has 180 valence electrons. The summed E-state index contributed by atoms with van der Waals surface area (Å²) in [5.74, 6) is 0.813. The van der Waals surface area contributed by atoms with Crippen LogP contribution in [0, 0.1) is 0 Å². The molecule has 1 aromatic carbocycles. The van der Waals surface area contributed by atoms with Crippen molar-refractivity contribution in [1.82, 2.24) is 14.8 Å². The van der Waals surface area contributed by atoms with Gasteiger partial charge in [0.25, 0.3) is 0 Å². The van der Waals surface area contributed by atoms with Gasteiger partial charge in [0.05, 0.1) is 25.4 Å². The van der Waals surface area contributed by atoms with Crippen LogP contribution in [0.25, 0.3) is 5.00 Å². The Morgan fingerprint density at radius 2 is 1.97 bits per heavy atom. The molecule has 0 unspecified atom stereocenters. The van der Waals surface area contributed by atoms with E-state index < -0.39 is 0 Å². The number of thiophene rings is 1. The van der Waals surface area contributed by atoms with Crippen LogP contribution in [-0.4, -0.2) is 42.4 Å². The minimum atomic E-state index is -0.188. The van der Waals surface area contributed by atoms with E-state index in [9.17, 15) is 4.79 Å². The third-order valence-corrected chi connectivity index (χ3v) is 8.15. The Morgan fingerprint density at radius 1 is 1.15 bits per heavy atom. The van der Waals surface area contributed by atoms with Gasteiger partial charge in [-0.2, -0.15) is 0 Å². The fourth-order valence-electron chi connectivity index (χ4n) is 5.14. The number of nitrogens with zero attached hydrogens (tertiary/aromatic N) is 2. The highest BCUT2D eigenvalue weighted by Crippen LogP contribution is 2.44. The minimum absolute atomic E-state index is 0.0336. The average molecular weight is 480 g/mol. The average Bonchev–Trinajstić information content (AvgIpc) is 3.46. The molecule has 3 aromatic rings. The van der Waals surface area contributed by atoms with Crippen LogP contribution in [0.2, 0.25) is 0 Å². The molecule has 7 heteroatoms. The zero-order valence-electron chi connectivity index (χ0n) is 20.0. The van der Waals surface area contributed by atoms with E-state index in [0.29, 0.717) is 26.3 Å². The van der Waals surface area contributed by atoms with E-state index in [0.717, 1.165) is 36.3 Å². The minimum Gasteiger partial charge on any atom is -0.497 e. The van der Waals surface area contributed by atoms with Crippen molar-refractivity contribution in [3.8, 4) is 10.8 Å². The smallest absolute Gasteiger partial charge is 0.318 e. The van der Waals surface area contributed by atoms with Gasteiger partial charge in [-0.3, -0.25) is 0 Å². The number of fused-ring (bicyclic) bond motifs is 5. The lowest BCUT2D eigenvalue weighted by Gasteiger charge is -2.31. The van der Waals surface area contributed by atoms with Gasteiger partial charge in [-0.05, 0) is 74.4 Å². The van der Waals surface area contributed by atoms with Crippen LogP contribution in [0.3, 0.4) is 0 Å². The summed E-state index contributed by atoms with van der Waals surface area (Å²) in [5, 5.41) is 4.44. The Labute approximate surface area is 205 Å². The molecule has 2 aromatic heterocycles. The van der Waals surface area contributed by atoms with E-state index in [1.165, 1.54) is 33.8 Å². The summed E-state index contributed by atoms with van der Waals surface area (Å²) in [7, 11) is 1.68. The molecule has 0 saturated heterocycles. The van der Waals surface area contributed by atoms with Crippen LogP contribution in [0.4, 0.5) is 4.79 Å². The normalized spacial score (nSPS) is 16.9. The van der Waals surface area contributed by atoms with Crippen LogP contribution < -0.4 is 10.1 Å². The van der Waals surface area contributed by atoms with Crippen molar-refractivity contribution < 1.29 is 14.3 Å². The first-order chi connectivity index (χ1) is 16.7. The first kappa shape index (κ1) is 23.0. The number of aromatic nitrogens is 1. The van der Waals surface area contributed by atoms with Crippen LogP contribution in [-0.2, 0) is 24.1 Å². The number of methoxy groups -OCH3 is 1. The molecule has 0 radical (unpaired) electrons. The molecule has 5 rings (SSSR count). The lowest BCUT2D eigenvalue weighted by atomic mass is 9.95. The third-order valence-electron chi connectivity index (χ3n) is 6.82. The summed E-state index contributed by atoms with van der Waals surface area (Å²) in [6, 6.07) is 12.1. The van der Waals surface area contributed by atoms with E-state index in [-0.39, 0.29) is 12.1 Å². The number of benzene rings is 1. The standard InChI is InChI=1S/C27H33N3O3S/c1-3-33-17-7-15-28-27(31)30-18-22-21-8-4-5-10-24(21)34-26(22)29-16-6-9-23(29)25(30)19-11-13-20(32-2)14-12-19/h6,9,11-14,16,25H,3-5,7-8,10,15,17-18H2,1-2H3,(H,28,31)/t25-/m0/s1. The molecule has 0 spiro atoms. The molecule has 0 fully saturated rings. The number of aryl methyl sites for hydroxylation is 1. The Balaban J connectivity index is 1.54. The van der Waals surface area contributed by atoms with Gasteiger partial charge in [0.2, 0.25) is 0 Å². The zero-order valence-corrected chi connectivity index (χ0v) is 20.8. The second-order valence-electron chi connectivity index (χ2n) is 8.88. The SMILES string of the molecule is CCOCCCNC(=O)N1Cc2c(sc3c2CCCC3)-n2cccc2[C@@H]1c1ccc(OC)cc1. The maximum Gasteiger partial charge on any atom is 0.318 e. The fourth-order valence-corrected chi connectivity index (χ4v) is 6.54. The molecule has 34 heavy (non-hydrogen) atoms. The van der Waals surface area contributed by atoms with Gasteiger partial charge in [-0.25, -0.2) is 4.79 Å². The van der Waals surface area contributed by atoms with Gasteiger partial charge in [-0.15, -0.1) is 11.3 Å².